The van der Waals surface area contributed by atoms with Crippen LogP contribution in [0.5, 0.6) is 0 Å². The summed E-state index contributed by atoms with van der Waals surface area (Å²) in [6.07, 6.45) is 0.555. The molecular formula is C4H6N4OS. The van der Waals surface area contributed by atoms with Gasteiger partial charge in [-0.3, -0.25) is 15.6 Å². The van der Waals surface area contributed by atoms with Crippen molar-refractivity contribution >= 4 is 22.9 Å². The van der Waals surface area contributed by atoms with Gasteiger partial charge in [-0.15, -0.1) is 5.10 Å². The summed E-state index contributed by atoms with van der Waals surface area (Å²) in [4.78, 5) is 9.80. The zero-order chi connectivity index (χ0) is 7.40. The standard InChI is InChI=1S/C4H6N4OS/c1-3-4(7-5-2-9)10-8-6-3/h2,7H,1H3,(H,5,9). The van der Waals surface area contributed by atoms with Gasteiger partial charge < -0.3 is 0 Å². The van der Waals surface area contributed by atoms with Crippen LogP contribution in [0, 0.1) is 6.92 Å². The third-order valence-electron chi connectivity index (χ3n) is 0.896. The van der Waals surface area contributed by atoms with Crippen LogP contribution in [-0.2, 0) is 4.79 Å². The molecule has 0 aromatic carbocycles. The van der Waals surface area contributed by atoms with Gasteiger partial charge in [0.2, 0.25) is 6.41 Å². The topological polar surface area (TPSA) is 66.9 Å². The Morgan fingerprint density at radius 2 is 2.50 bits per heavy atom. The number of aryl methyl sites for hydroxylation is 1. The van der Waals surface area contributed by atoms with Crippen LogP contribution in [0.15, 0.2) is 0 Å². The maximum atomic E-state index is 9.80. The lowest BCUT2D eigenvalue weighted by Crippen LogP contribution is -2.18. The molecule has 10 heavy (non-hydrogen) atoms. The Balaban J connectivity index is 2.56. The molecule has 0 aliphatic heterocycles. The van der Waals surface area contributed by atoms with Crippen molar-refractivity contribution in [3.05, 3.63) is 5.69 Å². The first-order chi connectivity index (χ1) is 4.84. The predicted octanol–water partition coefficient (Wildman–Crippen LogP) is -0.0806. The minimum atomic E-state index is 0.555. The van der Waals surface area contributed by atoms with Gasteiger partial charge in [0.05, 0.1) is 5.69 Å². The van der Waals surface area contributed by atoms with E-state index in [4.69, 9.17) is 0 Å². The van der Waals surface area contributed by atoms with Crippen LogP contribution in [0.2, 0.25) is 0 Å². The fourth-order valence-corrected chi connectivity index (χ4v) is 0.965. The molecule has 2 N–H and O–H groups in total. The van der Waals surface area contributed by atoms with E-state index in [1.807, 2.05) is 0 Å². The molecule has 1 heterocycles. The van der Waals surface area contributed by atoms with Crippen molar-refractivity contribution in [2.45, 2.75) is 6.92 Å². The van der Waals surface area contributed by atoms with Crippen molar-refractivity contribution in [1.82, 2.24) is 15.0 Å². The van der Waals surface area contributed by atoms with Crippen LogP contribution >= 0.6 is 11.5 Å². The average molecular weight is 158 g/mol. The summed E-state index contributed by atoms with van der Waals surface area (Å²) in [5.41, 5.74) is 5.69. The van der Waals surface area contributed by atoms with E-state index >= 15 is 0 Å². The third kappa shape index (κ3) is 1.41. The van der Waals surface area contributed by atoms with E-state index in [1.54, 1.807) is 6.92 Å². The average Bonchev–Trinajstić information content (AvgIpc) is 2.31. The van der Waals surface area contributed by atoms with E-state index in [9.17, 15) is 4.79 Å². The van der Waals surface area contributed by atoms with E-state index in [0.717, 1.165) is 10.7 Å². The minimum absolute atomic E-state index is 0.555. The molecule has 0 saturated carbocycles. The van der Waals surface area contributed by atoms with Crippen LogP contribution in [0.1, 0.15) is 5.69 Å². The molecule has 0 unspecified atom stereocenters. The second-order valence-electron chi connectivity index (χ2n) is 1.57. The molecule has 0 bridgehead atoms. The van der Waals surface area contributed by atoms with Crippen LogP contribution in [0.4, 0.5) is 5.00 Å². The molecule has 1 aromatic rings. The number of hydrogen-bond donors (Lipinski definition) is 2. The Labute approximate surface area is 61.6 Å². The van der Waals surface area contributed by atoms with Gasteiger partial charge in [-0.1, -0.05) is 4.49 Å². The highest BCUT2D eigenvalue weighted by molar-refractivity contribution is 7.10. The first-order valence-electron chi connectivity index (χ1n) is 2.58. The van der Waals surface area contributed by atoms with E-state index in [-0.39, 0.29) is 0 Å². The maximum Gasteiger partial charge on any atom is 0.225 e. The second-order valence-corrected chi connectivity index (χ2v) is 2.33. The highest BCUT2D eigenvalue weighted by atomic mass is 32.1. The number of nitrogens with one attached hydrogen (secondary N) is 2. The molecule has 1 rings (SSSR count). The highest BCUT2D eigenvalue weighted by Gasteiger charge is 1.98. The number of nitrogens with zero attached hydrogens (tertiary/aromatic N) is 2. The van der Waals surface area contributed by atoms with Crippen LogP contribution in [-0.4, -0.2) is 16.0 Å². The van der Waals surface area contributed by atoms with Gasteiger partial charge in [0.1, 0.15) is 0 Å². The smallest absolute Gasteiger partial charge is 0.225 e. The van der Waals surface area contributed by atoms with Crippen molar-refractivity contribution in [2.75, 3.05) is 5.43 Å². The number of hydrogen-bond acceptors (Lipinski definition) is 5. The normalized spacial score (nSPS) is 8.90. The lowest BCUT2D eigenvalue weighted by atomic mass is 10.5. The zero-order valence-corrected chi connectivity index (χ0v) is 6.10. The van der Waals surface area contributed by atoms with Gasteiger partial charge in [-0.2, -0.15) is 0 Å². The number of carbonyl (C=O) groups is 1. The summed E-state index contributed by atoms with van der Waals surface area (Å²) >= 11 is 1.20. The number of rotatable bonds is 3. The quantitative estimate of drug-likeness (QED) is 0.477. The lowest BCUT2D eigenvalue weighted by molar-refractivity contribution is -0.109. The molecule has 1 amide bonds. The maximum absolute atomic E-state index is 9.80. The lowest BCUT2D eigenvalue weighted by Gasteiger charge is -1.97. The fraction of sp³-hybridized carbons (Fsp3) is 0.250. The molecule has 1 aromatic heterocycles. The Morgan fingerprint density at radius 3 is 3.00 bits per heavy atom. The fourth-order valence-electron chi connectivity index (χ4n) is 0.442. The van der Waals surface area contributed by atoms with Crippen molar-refractivity contribution in [1.29, 1.82) is 0 Å². The molecule has 0 saturated heterocycles. The molecule has 54 valence electrons. The zero-order valence-electron chi connectivity index (χ0n) is 5.29. The molecule has 5 nitrogen and oxygen atoms in total. The number of amides is 1. The molecule has 0 atom stereocenters. The summed E-state index contributed by atoms with van der Waals surface area (Å²) in [5.74, 6) is 0. The van der Waals surface area contributed by atoms with Crippen molar-refractivity contribution in [2.24, 2.45) is 0 Å². The monoisotopic (exact) mass is 158 g/mol. The second kappa shape index (κ2) is 3.11. The Hall–Kier alpha value is -1.17. The summed E-state index contributed by atoms with van der Waals surface area (Å²) in [5, 5.41) is 4.48. The molecule has 0 aliphatic rings. The minimum Gasteiger partial charge on any atom is -0.286 e. The van der Waals surface area contributed by atoms with E-state index in [0.29, 0.717) is 6.41 Å². The van der Waals surface area contributed by atoms with Crippen LogP contribution in [0.25, 0.3) is 0 Å². The number of aromatic nitrogens is 2. The van der Waals surface area contributed by atoms with Crippen molar-refractivity contribution in [3.63, 3.8) is 0 Å². The molecule has 6 heteroatoms. The van der Waals surface area contributed by atoms with Crippen LogP contribution < -0.4 is 10.9 Å². The number of carbonyl (C=O) groups excluding carboxylic acids is 1. The van der Waals surface area contributed by atoms with E-state index < -0.39 is 0 Å². The summed E-state index contributed by atoms with van der Waals surface area (Å²) in [6, 6.07) is 0. The van der Waals surface area contributed by atoms with E-state index in [2.05, 4.69) is 20.4 Å². The number of hydrazine groups is 1. The highest BCUT2D eigenvalue weighted by Crippen LogP contribution is 2.13. The van der Waals surface area contributed by atoms with Gasteiger partial charge in [-0.25, -0.2) is 0 Å². The molecule has 0 aliphatic carbocycles. The van der Waals surface area contributed by atoms with Gasteiger partial charge in [0, 0.05) is 11.5 Å². The first-order valence-corrected chi connectivity index (χ1v) is 3.36. The SMILES string of the molecule is Cc1nnsc1NNC=O. The molecule has 0 radical (unpaired) electrons. The summed E-state index contributed by atoms with van der Waals surface area (Å²) in [7, 11) is 0. The predicted molar refractivity (Wildman–Crippen MR) is 37.5 cm³/mol. The first kappa shape index (κ1) is 6.94. The Morgan fingerprint density at radius 1 is 1.70 bits per heavy atom. The Bertz CT molecular complexity index is 223. The van der Waals surface area contributed by atoms with Crippen LogP contribution in [0.3, 0.4) is 0 Å². The van der Waals surface area contributed by atoms with Gasteiger partial charge >= 0.3 is 0 Å². The largest absolute Gasteiger partial charge is 0.286 e. The van der Waals surface area contributed by atoms with E-state index in [1.165, 1.54) is 11.5 Å². The number of anilines is 1. The van der Waals surface area contributed by atoms with Gasteiger partial charge in [-0.05, 0) is 6.92 Å². The van der Waals surface area contributed by atoms with Crippen molar-refractivity contribution < 1.29 is 4.79 Å². The molecule has 0 spiro atoms. The summed E-state index contributed by atoms with van der Waals surface area (Å²) < 4.78 is 3.65. The Kier molecular flexibility index (Phi) is 2.16. The molecule has 0 fully saturated rings. The molecular weight excluding hydrogens is 152 g/mol. The van der Waals surface area contributed by atoms with Gasteiger partial charge in [0.15, 0.2) is 5.00 Å². The van der Waals surface area contributed by atoms with Crippen molar-refractivity contribution in [3.8, 4) is 0 Å². The third-order valence-corrected chi connectivity index (χ3v) is 1.64. The van der Waals surface area contributed by atoms with Gasteiger partial charge in [0.25, 0.3) is 0 Å². The summed E-state index contributed by atoms with van der Waals surface area (Å²) in [6.45, 7) is 1.80.